The number of carbonyl (C=O) groups is 2. The number of aromatic nitrogens is 2. The zero-order valence-electron chi connectivity index (χ0n) is 19.6. The number of benzene rings is 1. The van der Waals surface area contributed by atoms with E-state index in [2.05, 4.69) is 31.6 Å². The number of hydrogen-bond acceptors (Lipinski definition) is 6. The third kappa shape index (κ3) is 5.87. The Balaban J connectivity index is 1.29. The molecular weight excluding hydrogens is 418 g/mol. The summed E-state index contributed by atoms with van der Waals surface area (Å²) in [6, 6.07) is 7.50. The van der Waals surface area contributed by atoms with E-state index in [1.165, 1.54) is 19.8 Å². The van der Waals surface area contributed by atoms with Crippen LogP contribution in [0.4, 0.5) is 5.69 Å². The summed E-state index contributed by atoms with van der Waals surface area (Å²) >= 11 is 0. The summed E-state index contributed by atoms with van der Waals surface area (Å²) in [4.78, 5) is 35.0. The first-order valence-electron chi connectivity index (χ1n) is 11.6. The van der Waals surface area contributed by atoms with Gasteiger partial charge < -0.3 is 15.4 Å². The summed E-state index contributed by atoms with van der Waals surface area (Å²) in [6.07, 6.45) is 5.12. The van der Waals surface area contributed by atoms with Gasteiger partial charge in [0.15, 0.2) is 0 Å². The minimum absolute atomic E-state index is 0.00457. The molecule has 2 heterocycles. The molecule has 4 rings (SSSR count). The number of fused-ring (bicyclic) bond motifs is 1. The Morgan fingerprint density at radius 2 is 2.03 bits per heavy atom. The molecule has 0 radical (unpaired) electrons. The highest BCUT2D eigenvalue weighted by molar-refractivity contribution is 5.88. The lowest BCUT2D eigenvalue weighted by Gasteiger charge is -2.20. The van der Waals surface area contributed by atoms with E-state index in [-0.39, 0.29) is 11.8 Å². The SMILES string of the molecule is COc1ccc(NC(C)=O)cc1CNC(=O)CN1C[C@H]2CC[C@H](Cc3cc(C)ncn3)[C@H]2C1. The third-order valence-electron chi connectivity index (χ3n) is 6.86. The van der Waals surface area contributed by atoms with Crippen molar-refractivity contribution in [1.29, 1.82) is 0 Å². The van der Waals surface area contributed by atoms with Crippen LogP contribution in [0.5, 0.6) is 5.75 Å². The lowest BCUT2D eigenvalue weighted by atomic mass is 9.89. The second-order valence-corrected chi connectivity index (χ2v) is 9.29. The van der Waals surface area contributed by atoms with Crippen molar-refractivity contribution in [3.05, 3.63) is 47.5 Å². The van der Waals surface area contributed by atoms with Crippen molar-refractivity contribution in [2.24, 2.45) is 17.8 Å². The number of carbonyl (C=O) groups excluding carboxylic acids is 2. The molecule has 2 aliphatic rings. The molecule has 0 unspecified atom stereocenters. The number of ether oxygens (including phenoxy) is 1. The number of methoxy groups -OCH3 is 1. The molecule has 8 nitrogen and oxygen atoms in total. The quantitative estimate of drug-likeness (QED) is 0.640. The van der Waals surface area contributed by atoms with Crippen LogP contribution in [-0.4, -0.2) is 53.4 Å². The molecule has 2 fully saturated rings. The Kier molecular flexibility index (Phi) is 7.23. The Morgan fingerprint density at radius 1 is 1.18 bits per heavy atom. The van der Waals surface area contributed by atoms with Crippen molar-refractivity contribution in [3.8, 4) is 5.75 Å². The van der Waals surface area contributed by atoms with E-state index in [4.69, 9.17) is 4.74 Å². The average Bonchev–Trinajstić information content (AvgIpc) is 3.33. The van der Waals surface area contributed by atoms with Crippen LogP contribution >= 0.6 is 0 Å². The molecule has 0 bridgehead atoms. The fraction of sp³-hybridized carbons (Fsp3) is 0.520. The van der Waals surface area contributed by atoms with E-state index in [1.54, 1.807) is 25.6 Å². The molecule has 176 valence electrons. The van der Waals surface area contributed by atoms with Gasteiger partial charge in [-0.1, -0.05) is 0 Å². The number of nitrogens with zero attached hydrogens (tertiary/aromatic N) is 3. The molecule has 33 heavy (non-hydrogen) atoms. The van der Waals surface area contributed by atoms with Gasteiger partial charge in [-0.05, 0) is 68.2 Å². The zero-order valence-corrected chi connectivity index (χ0v) is 19.6. The van der Waals surface area contributed by atoms with Crippen LogP contribution in [0.1, 0.15) is 36.7 Å². The van der Waals surface area contributed by atoms with Crippen LogP contribution in [0.15, 0.2) is 30.6 Å². The number of anilines is 1. The van der Waals surface area contributed by atoms with E-state index in [9.17, 15) is 9.59 Å². The molecule has 2 amide bonds. The first kappa shape index (κ1) is 23.2. The monoisotopic (exact) mass is 451 g/mol. The highest BCUT2D eigenvalue weighted by Crippen LogP contribution is 2.43. The first-order chi connectivity index (χ1) is 15.9. The number of rotatable bonds is 8. The largest absolute Gasteiger partial charge is 0.496 e. The van der Waals surface area contributed by atoms with Crippen LogP contribution in [0.2, 0.25) is 0 Å². The van der Waals surface area contributed by atoms with E-state index >= 15 is 0 Å². The van der Waals surface area contributed by atoms with Gasteiger partial charge in [0, 0.05) is 49.2 Å². The molecule has 2 aromatic rings. The van der Waals surface area contributed by atoms with Crippen LogP contribution < -0.4 is 15.4 Å². The second-order valence-electron chi connectivity index (χ2n) is 9.29. The molecule has 1 saturated heterocycles. The number of likely N-dealkylation sites (tertiary alicyclic amines) is 1. The number of nitrogens with one attached hydrogen (secondary N) is 2. The summed E-state index contributed by atoms with van der Waals surface area (Å²) in [5, 5.41) is 5.78. The van der Waals surface area contributed by atoms with E-state index in [0.29, 0.717) is 42.3 Å². The smallest absolute Gasteiger partial charge is 0.234 e. The molecule has 1 aliphatic carbocycles. The van der Waals surface area contributed by atoms with Gasteiger partial charge in [0.2, 0.25) is 11.8 Å². The molecule has 1 aliphatic heterocycles. The number of hydrogen-bond donors (Lipinski definition) is 2. The number of amides is 2. The highest BCUT2D eigenvalue weighted by Gasteiger charge is 2.42. The standard InChI is InChI=1S/C25H33N5O3/c1-16-8-22(28-15-27-16)9-18-4-5-19-12-30(13-23(18)19)14-25(32)26-11-20-10-21(29-17(2)31)6-7-24(20)33-3/h6-8,10,15,18-19,23H,4-5,9,11-14H2,1-3H3,(H,26,32)(H,29,31)/t18-,19-,23-/m1/s1. The minimum Gasteiger partial charge on any atom is -0.496 e. The van der Waals surface area contributed by atoms with E-state index in [1.807, 2.05) is 13.0 Å². The van der Waals surface area contributed by atoms with Gasteiger partial charge in [0.05, 0.1) is 13.7 Å². The maximum absolute atomic E-state index is 12.7. The van der Waals surface area contributed by atoms with Crippen LogP contribution in [0, 0.1) is 24.7 Å². The predicted octanol–water partition coefficient (Wildman–Crippen LogP) is 2.57. The summed E-state index contributed by atoms with van der Waals surface area (Å²) in [5.41, 5.74) is 3.65. The van der Waals surface area contributed by atoms with Crippen molar-refractivity contribution in [3.63, 3.8) is 0 Å². The van der Waals surface area contributed by atoms with Crippen molar-refractivity contribution < 1.29 is 14.3 Å². The lowest BCUT2D eigenvalue weighted by Crippen LogP contribution is -2.36. The molecule has 1 aromatic carbocycles. The van der Waals surface area contributed by atoms with Gasteiger partial charge in [-0.2, -0.15) is 0 Å². The van der Waals surface area contributed by atoms with Crippen LogP contribution in [-0.2, 0) is 22.6 Å². The fourth-order valence-corrected chi connectivity index (χ4v) is 5.39. The Labute approximate surface area is 195 Å². The van der Waals surface area contributed by atoms with E-state index in [0.717, 1.165) is 36.5 Å². The maximum Gasteiger partial charge on any atom is 0.234 e. The zero-order chi connectivity index (χ0) is 23.4. The molecule has 1 saturated carbocycles. The molecule has 0 spiro atoms. The van der Waals surface area contributed by atoms with Gasteiger partial charge in [0.1, 0.15) is 12.1 Å². The predicted molar refractivity (Wildman–Crippen MR) is 126 cm³/mol. The summed E-state index contributed by atoms with van der Waals surface area (Å²) in [7, 11) is 1.60. The topological polar surface area (TPSA) is 96.5 Å². The van der Waals surface area contributed by atoms with Gasteiger partial charge >= 0.3 is 0 Å². The average molecular weight is 452 g/mol. The first-order valence-corrected chi connectivity index (χ1v) is 11.6. The fourth-order valence-electron chi connectivity index (χ4n) is 5.39. The van der Waals surface area contributed by atoms with Crippen LogP contribution in [0.3, 0.4) is 0 Å². The maximum atomic E-state index is 12.7. The molecule has 8 heteroatoms. The summed E-state index contributed by atoms with van der Waals surface area (Å²) < 4.78 is 5.41. The molecule has 1 aromatic heterocycles. The minimum atomic E-state index is -0.136. The molecule has 2 N–H and O–H groups in total. The third-order valence-corrected chi connectivity index (χ3v) is 6.86. The van der Waals surface area contributed by atoms with Gasteiger partial charge in [-0.3, -0.25) is 14.5 Å². The second kappa shape index (κ2) is 10.3. The number of aryl methyl sites for hydroxylation is 1. The van der Waals surface area contributed by atoms with Crippen LogP contribution in [0.25, 0.3) is 0 Å². The Hall–Kier alpha value is -3.00. The van der Waals surface area contributed by atoms with Crippen molar-refractivity contribution in [2.75, 3.05) is 32.1 Å². The molecule has 3 atom stereocenters. The normalized spacial score (nSPS) is 22.1. The molecular formula is C25H33N5O3. The van der Waals surface area contributed by atoms with Crippen molar-refractivity contribution in [1.82, 2.24) is 20.2 Å². The van der Waals surface area contributed by atoms with Gasteiger partial charge in [0.25, 0.3) is 0 Å². The van der Waals surface area contributed by atoms with Gasteiger partial charge in [-0.15, -0.1) is 0 Å². The summed E-state index contributed by atoms with van der Waals surface area (Å²) in [5.74, 6) is 2.47. The Morgan fingerprint density at radius 3 is 2.79 bits per heavy atom. The van der Waals surface area contributed by atoms with Gasteiger partial charge in [-0.25, -0.2) is 9.97 Å². The summed E-state index contributed by atoms with van der Waals surface area (Å²) in [6.45, 7) is 6.18. The van der Waals surface area contributed by atoms with Crippen molar-refractivity contribution in [2.45, 2.75) is 39.7 Å². The lowest BCUT2D eigenvalue weighted by molar-refractivity contribution is -0.122. The highest BCUT2D eigenvalue weighted by atomic mass is 16.5. The van der Waals surface area contributed by atoms with Crippen molar-refractivity contribution >= 4 is 17.5 Å². The van der Waals surface area contributed by atoms with E-state index < -0.39 is 0 Å². The Bertz CT molecular complexity index is 1010.